The van der Waals surface area contributed by atoms with Gasteiger partial charge in [0.2, 0.25) is 5.91 Å². The van der Waals surface area contributed by atoms with Crippen LogP contribution in [0.1, 0.15) is 41.6 Å². The number of nitrogens with one attached hydrogen (secondary N) is 1. The number of aliphatic hydroxyl groups excluding tert-OH is 1. The Labute approximate surface area is 107 Å². The molecule has 1 fully saturated rings. The van der Waals surface area contributed by atoms with Crippen LogP contribution < -0.4 is 11.1 Å². The summed E-state index contributed by atoms with van der Waals surface area (Å²) in [6.45, 7) is 0.760. The number of carbonyl (C=O) groups is 1. The molecule has 0 saturated heterocycles. The highest BCUT2D eigenvalue weighted by Crippen LogP contribution is 2.18. The lowest BCUT2D eigenvalue weighted by molar-refractivity contribution is 0.1000. The van der Waals surface area contributed by atoms with Crippen molar-refractivity contribution in [1.82, 2.24) is 5.32 Å². The molecule has 0 radical (unpaired) electrons. The number of hydrogen-bond acceptors (Lipinski definition) is 3. The van der Waals surface area contributed by atoms with E-state index in [1.807, 2.05) is 12.1 Å². The molecular weight excluding hydrogens is 228 g/mol. The first-order valence-corrected chi connectivity index (χ1v) is 6.45. The number of aliphatic hydroxyl groups is 1. The second-order valence-electron chi connectivity index (χ2n) is 4.96. The lowest BCUT2D eigenvalue weighted by Crippen LogP contribution is -2.35. The summed E-state index contributed by atoms with van der Waals surface area (Å²) in [6.07, 6.45) is 3.80. The summed E-state index contributed by atoms with van der Waals surface area (Å²) < 4.78 is 0. The molecule has 98 valence electrons. The van der Waals surface area contributed by atoms with Crippen molar-refractivity contribution in [2.45, 2.75) is 44.4 Å². The first-order valence-electron chi connectivity index (χ1n) is 6.45. The largest absolute Gasteiger partial charge is 0.393 e. The molecule has 0 aromatic heterocycles. The van der Waals surface area contributed by atoms with E-state index in [9.17, 15) is 9.90 Å². The molecule has 1 amide bonds. The number of nitrogens with two attached hydrogens (primary N) is 1. The van der Waals surface area contributed by atoms with Crippen molar-refractivity contribution >= 4 is 5.91 Å². The average molecular weight is 248 g/mol. The Morgan fingerprint density at radius 3 is 2.67 bits per heavy atom. The molecule has 4 nitrogen and oxygen atoms in total. The number of hydrogen-bond donors (Lipinski definition) is 3. The minimum atomic E-state index is -0.398. The van der Waals surface area contributed by atoms with Gasteiger partial charge < -0.3 is 16.2 Å². The maximum Gasteiger partial charge on any atom is 0.248 e. The highest BCUT2D eigenvalue weighted by molar-refractivity contribution is 5.92. The number of primary amides is 1. The smallest absolute Gasteiger partial charge is 0.248 e. The number of amides is 1. The van der Waals surface area contributed by atoms with E-state index in [4.69, 9.17) is 5.73 Å². The van der Waals surface area contributed by atoms with Gasteiger partial charge in [0.05, 0.1) is 6.10 Å². The third-order valence-corrected chi connectivity index (χ3v) is 3.48. The van der Waals surface area contributed by atoms with Crippen molar-refractivity contribution in [2.24, 2.45) is 5.73 Å². The summed E-state index contributed by atoms with van der Waals surface area (Å²) in [4.78, 5) is 10.9. The van der Waals surface area contributed by atoms with E-state index in [0.717, 1.165) is 37.8 Å². The molecule has 4 heteroatoms. The monoisotopic (exact) mass is 248 g/mol. The number of rotatable bonds is 4. The lowest BCUT2D eigenvalue weighted by atomic mass is 9.93. The standard InChI is InChI=1S/C14H20N2O2/c15-14(18)11-6-4-10(5-7-11)9-16-12-2-1-3-13(17)8-12/h4-7,12-13,16-17H,1-3,8-9H2,(H2,15,18). The fourth-order valence-electron chi connectivity index (χ4n) is 2.40. The molecule has 4 N–H and O–H groups in total. The molecule has 2 rings (SSSR count). The van der Waals surface area contributed by atoms with Gasteiger partial charge in [-0.05, 0) is 43.4 Å². The van der Waals surface area contributed by atoms with Crippen molar-refractivity contribution in [1.29, 1.82) is 0 Å². The molecule has 0 bridgehead atoms. The Bertz CT molecular complexity index is 403. The Morgan fingerprint density at radius 1 is 1.33 bits per heavy atom. The van der Waals surface area contributed by atoms with Gasteiger partial charge in [-0.3, -0.25) is 4.79 Å². The second kappa shape index (κ2) is 5.98. The molecule has 0 heterocycles. The molecule has 2 atom stereocenters. The molecule has 0 spiro atoms. The van der Waals surface area contributed by atoms with Gasteiger partial charge in [-0.15, -0.1) is 0 Å². The first-order chi connectivity index (χ1) is 8.65. The zero-order chi connectivity index (χ0) is 13.0. The second-order valence-corrected chi connectivity index (χ2v) is 4.96. The minimum absolute atomic E-state index is 0.159. The Kier molecular flexibility index (Phi) is 4.33. The van der Waals surface area contributed by atoms with Gasteiger partial charge in [-0.1, -0.05) is 12.1 Å². The fraction of sp³-hybridized carbons (Fsp3) is 0.500. The Morgan fingerprint density at radius 2 is 2.06 bits per heavy atom. The van der Waals surface area contributed by atoms with Gasteiger partial charge in [-0.2, -0.15) is 0 Å². The predicted molar refractivity (Wildman–Crippen MR) is 70.1 cm³/mol. The van der Waals surface area contributed by atoms with Crippen LogP contribution in [0.5, 0.6) is 0 Å². The third kappa shape index (κ3) is 3.55. The van der Waals surface area contributed by atoms with Crippen molar-refractivity contribution in [2.75, 3.05) is 0 Å². The van der Waals surface area contributed by atoms with Gasteiger partial charge in [-0.25, -0.2) is 0 Å². The topological polar surface area (TPSA) is 75.4 Å². The molecule has 18 heavy (non-hydrogen) atoms. The zero-order valence-corrected chi connectivity index (χ0v) is 10.4. The van der Waals surface area contributed by atoms with Gasteiger partial charge >= 0.3 is 0 Å². The third-order valence-electron chi connectivity index (χ3n) is 3.48. The summed E-state index contributed by atoms with van der Waals surface area (Å²) in [7, 11) is 0. The van der Waals surface area contributed by atoms with Crippen molar-refractivity contribution in [3.63, 3.8) is 0 Å². The molecule has 2 unspecified atom stereocenters. The van der Waals surface area contributed by atoms with Crippen molar-refractivity contribution in [3.05, 3.63) is 35.4 Å². The van der Waals surface area contributed by atoms with E-state index in [-0.39, 0.29) is 6.10 Å². The number of benzene rings is 1. The minimum Gasteiger partial charge on any atom is -0.393 e. The van der Waals surface area contributed by atoms with Crippen LogP contribution >= 0.6 is 0 Å². The SMILES string of the molecule is NC(=O)c1ccc(CNC2CCCC(O)C2)cc1. The normalized spacial score (nSPS) is 23.8. The summed E-state index contributed by atoms with van der Waals surface area (Å²) in [5.41, 5.74) is 6.85. The molecular formula is C14H20N2O2. The van der Waals surface area contributed by atoms with E-state index in [1.54, 1.807) is 12.1 Å². The van der Waals surface area contributed by atoms with E-state index >= 15 is 0 Å². The van der Waals surface area contributed by atoms with Crippen LogP contribution in [0.25, 0.3) is 0 Å². The molecule has 1 aliphatic rings. The summed E-state index contributed by atoms with van der Waals surface area (Å²) in [5.74, 6) is -0.398. The average Bonchev–Trinajstić information content (AvgIpc) is 2.37. The van der Waals surface area contributed by atoms with Crippen LogP contribution in [0, 0.1) is 0 Å². The van der Waals surface area contributed by atoms with Crippen LogP contribution in [0.4, 0.5) is 0 Å². The summed E-state index contributed by atoms with van der Waals surface area (Å²) in [5, 5.41) is 13.0. The maximum atomic E-state index is 10.9. The van der Waals surface area contributed by atoms with Gasteiger partial charge in [0.15, 0.2) is 0 Å². The van der Waals surface area contributed by atoms with E-state index in [0.29, 0.717) is 11.6 Å². The first kappa shape index (κ1) is 13.1. The fourth-order valence-corrected chi connectivity index (χ4v) is 2.40. The van der Waals surface area contributed by atoms with Gasteiger partial charge in [0.25, 0.3) is 0 Å². The molecule has 0 aliphatic heterocycles. The predicted octanol–water partition coefficient (Wildman–Crippen LogP) is 1.18. The van der Waals surface area contributed by atoms with Crippen LogP contribution in [0.2, 0.25) is 0 Å². The van der Waals surface area contributed by atoms with Crippen molar-refractivity contribution < 1.29 is 9.90 Å². The van der Waals surface area contributed by atoms with Crippen LogP contribution in [0.3, 0.4) is 0 Å². The Balaban J connectivity index is 1.84. The highest BCUT2D eigenvalue weighted by atomic mass is 16.3. The lowest BCUT2D eigenvalue weighted by Gasteiger charge is -2.26. The molecule has 1 aromatic rings. The summed E-state index contributed by atoms with van der Waals surface area (Å²) in [6, 6.07) is 7.70. The van der Waals surface area contributed by atoms with E-state index in [2.05, 4.69) is 5.32 Å². The Hall–Kier alpha value is -1.39. The number of carbonyl (C=O) groups excluding carboxylic acids is 1. The van der Waals surface area contributed by atoms with E-state index < -0.39 is 5.91 Å². The quantitative estimate of drug-likeness (QED) is 0.749. The van der Waals surface area contributed by atoms with Crippen LogP contribution in [-0.4, -0.2) is 23.2 Å². The summed E-state index contributed by atoms with van der Waals surface area (Å²) >= 11 is 0. The highest BCUT2D eigenvalue weighted by Gasteiger charge is 2.19. The zero-order valence-electron chi connectivity index (χ0n) is 10.4. The van der Waals surface area contributed by atoms with Gasteiger partial charge in [0, 0.05) is 18.2 Å². The van der Waals surface area contributed by atoms with Crippen molar-refractivity contribution in [3.8, 4) is 0 Å². The van der Waals surface area contributed by atoms with Crippen LogP contribution in [0.15, 0.2) is 24.3 Å². The van der Waals surface area contributed by atoms with Gasteiger partial charge in [0.1, 0.15) is 0 Å². The maximum absolute atomic E-state index is 10.9. The van der Waals surface area contributed by atoms with Crippen LogP contribution in [-0.2, 0) is 6.54 Å². The molecule has 1 saturated carbocycles. The van der Waals surface area contributed by atoms with E-state index in [1.165, 1.54) is 0 Å². The molecule has 1 aromatic carbocycles. The molecule has 1 aliphatic carbocycles.